The fraction of sp³-hybridized carbons (Fsp3) is 0.429. The zero-order valence-electron chi connectivity index (χ0n) is 16.4. The number of nitrogens with zero attached hydrogens (tertiary/aromatic N) is 2. The van der Waals surface area contributed by atoms with Gasteiger partial charge in [-0.3, -0.25) is 9.59 Å². The third kappa shape index (κ3) is 5.69. The number of rotatable bonds is 8. The summed E-state index contributed by atoms with van der Waals surface area (Å²) in [4.78, 5) is 31.9. The van der Waals surface area contributed by atoms with Crippen molar-refractivity contribution in [1.29, 1.82) is 0 Å². The SMILES string of the molecule is CS(=O)(=O)c1ccc([C@@H](CCC2CCCC2)C(=O)Nc2cnc(C=O)cn2)cc1. The predicted octanol–water partition coefficient (Wildman–Crippen LogP) is 3.39. The smallest absolute Gasteiger partial charge is 0.233 e. The lowest BCUT2D eigenvalue weighted by Gasteiger charge is -2.19. The average molecular weight is 416 g/mol. The molecule has 8 heteroatoms. The van der Waals surface area contributed by atoms with Crippen LogP contribution in [-0.4, -0.2) is 36.8 Å². The van der Waals surface area contributed by atoms with Gasteiger partial charge in [0.15, 0.2) is 21.9 Å². The Morgan fingerprint density at radius 1 is 1.17 bits per heavy atom. The van der Waals surface area contributed by atoms with E-state index in [9.17, 15) is 18.0 Å². The zero-order chi connectivity index (χ0) is 20.9. The van der Waals surface area contributed by atoms with Crippen molar-refractivity contribution in [2.75, 3.05) is 11.6 Å². The van der Waals surface area contributed by atoms with E-state index in [1.165, 1.54) is 38.1 Å². The van der Waals surface area contributed by atoms with Crippen molar-refractivity contribution in [2.45, 2.75) is 49.3 Å². The van der Waals surface area contributed by atoms with Crippen LogP contribution in [0.15, 0.2) is 41.6 Å². The zero-order valence-corrected chi connectivity index (χ0v) is 17.2. The highest BCUT2D eigenvalue weighted by Gasteiger charge is 2.24. The van der Waals surface area contributed by atoms with Crippen LogP contribution in [0.3, 0.4) is 0 Å². The molecule has 1 amide bonds. The molecule has 2 aromatic rings. The Morgan fingerprint density at radius 3 is 2.41 bits per heavy atom. The normalized spacial score (nSPS) is 15.8. The van der Waals surface area contributed by atoms with Crippen LogP contribution in [-0.2, 0) is 14.6 Å². The van der Waals surface area contributed by atoms with Crippen molar-refractivity contribution in [3.8, 4) is 0 Å². The number of aromatic nitrogens is 2. The molecule has 1 aromatic heterocycles. The van der Waals surface area contributed by atoms with Gasteiger partial charge in [0.2, 0.25) is 5.91 Å². The molecular weight excluding hydrogens is 390 g/mol. The van der Waals surface area contributed by atoms with Gasteiger partial charge in [0, 0.05) is 6.26 Å². The summed E-state index contributed by atoms with van der Waals surface area (Å²) < 4.78 is 23.4. The molecule has 1 aromatic carbocycles. The summed E-state index contributed by atoms with van der Waals surface area (Å²) in [6.45, 7) is 0. The molecule has 1 saturated carbocycles. The molecular formula is C21H25N3O4S. The van der Waals surface area contributed by atoms with Crippen LogP contribution in [0.2, 0.25) is 0 Å². The van der Waals surface area contributed by atoms with E-state index in [2.05, 4.69) is 15.3 Å². The number of benzene rings is 1. The van der Waals surface area contributed by atoms with Crippen LogP contribution in [0.25, 0.3) is 0 Å². The topological polar surface area (TPSA) is 106 Å². The first-order valence-corrected chi connectivity index (χ1v) is 11.6. The summed E-state index contributed by atoms with van der Waals surface area (Å²) in [5.74, 6) is 0.270. The molecule has 1 N–H and O–H groups in total. The second-order valence-electron chi connectivity index (χ2n) is 7.56. The van der Waals surface area contributed by atoms with Gasteiger partial charge in [-0.15, -0.1) is 0 Å². The second-order valence-corrected chi connectivity index (χ2v) is 9.57. The maximum Gasteiger partial charge on any atom is 0.233 e. The first-order chi connectivity index (χ1) is 13.9. The monoisotopic (exact) mass is 415 g/mol. The minimum atomic E-state index is -3.29. The van der Waals surface area contributed by atoms with Crippen molar-refractivity contribution in [3.63, 3.8) is 0 Å². The highest BCUT2D eigenvalue weighted by Crippen LogP contribution is 2.33. The molecule has 0 aliphatic heterocycles. The van der Waals surface area contributed by atoms with Crippen LogP contribution in [0.1, 0.15) is 60.5 Å². The van der Waals surface area contributed by atoms with Gasteiger partial charge in [-0.25, -0.2) is 18.4 Å². The number of anilines is 1. The summed E-state index contributed by atoms with van der Waals surface area (Å²) in [6.07, 6.45) is 10.9. The van der Waals surface area contributed by atoms with E-state index in [-0.39, 0.29) is 22.3 Å². The Bertz CT molecular complexity index is 950. The van der Waals surface area contributed by atoms with Crippen LogP contribution >= 0.6 is 0 Å². The van der Waals surface area contributed by atoms with E-state index < -0.39 is 15.8 Å². The van der Waals surface area contributed by atoms with Crippen LogP contribution in [0, 0.1) is 5.92 Å². The molecule has 1 heterocycles. The summed E-state index contributed by atoms with van der Waals surface area (Å²) in [7, 11) is -3.29. The van der Waals surface area contributed by atoms with Crippen LogP contribution in [0.4, 0.5) is 5.82 Å². The molecule has 1 aliphatic rings. The molecule has 1 atom stereocenters. The lowest BCUT2D eigenvalue weighted by molar-refractivity contribution is -0.117. The Morgan fingerprint density at radius 2 is 1.86 bits per heavy atom. The van der Waals surface area contributed by atoms with E-state index in [0.29, 0.717) is 18.6 Å². The average Bonchev–Trinajstić information content (AvgIpc) is 3.22. The first kappa shape index (κ1) is 21.1. The molecule has 1 aliphatic carbocycles. The van der Waals surface area contributed by atoms with Crippen molar-refractivity contribution in [1.82, 2.24) is 9.97 Å². The fourth-order valence-corrected chi connectivity index (χ4v) is 4.41. The third-order valence-electron chi connectivity index (χ3n) is 5.41. The Balaban J connectivity index is 1.78. The van der Waals surface area contributed by atoms with Crippen molar-refractivity contribution in [2.24, 2.45) is 5.92 Å². The molecule has 0 bridgehead atoms. The van der Waals surface area contributed by atoms with Crippen LogP contribution < -0.4 is 5.32 Å². The first-order valence-electron chi connectivity index (χ1n) is 9.75. The second kappa shape index (κ2) is 9.26. The van der Waals surface area contributed by atoms with Crippen molar-refractivity contribution in [3.05, 3.63) is 47.9 Å². The highest BCUT2D eigenvalue weighted by atomic mass is 32.2. The van der Waals surface area contributed by atoms with Gasteiger partial charge < -0.3 is 5.32 Å². The largest absolute Gasteiger partial charge is 0.309 e. The van der Waals surface area contributed by atoms with Gasteiger partial charge in [-0.1, -0.05) is 37.8 Å². The molecule has 0 saturated heterocycles. The maximum absolute atomic E-state index is 13.0. The lowest BCUT2D eigenvalue weighted by atomic mass is 9.89. The van der Waals surface area contributed by atoms with Gasteiger partial charge in [0.1, 0.15) is 5.69 Å². The molecule has 0 radical (unpaired) electrons. The standard InChI is InChI=1S/C21H25N3O4S/c1-29(27,28)18-9-7-16(8-10-18)19(11-6-15-4-2-3-5-15)21(26)24-20-13-22-17(14-25)12-23-20/h7-10,12-15,19H,2-6,11H2,1H3,(H,23,24,26)/t19-/m1/s1. The number of sulfone groups is 1. The van der Waals surface area contributed by atoms with E-state index in [0.717, 1.165) is 18.2 Å². The van der Waals surface area contributed by atoms with Crippen LogP contribution in [0.5, 0.6) is 0 Å². The number of amides is 1. The number of nitrogens with one attached hydrogen (secondary N) is 1. The minimum absolute atomic E-state index is 0.192. The van der Waals surface area contributed by atoms with E-state index in [4.69, 9.17) is 0 Å². The molecule has 154 valence electrons. The lowest BCUT2D eigenvalue weighted by Crippen LogP contribution is -2.22. The summed E-state index contributed by atoms with van der Waals surface area (Å²) in [6, 6.07) is 6.49. The fourth-order valence-electron chi connectivity index (χ4n) is 3.77. The summed E-state index contributed by atoms with van der Waals surface area (Å²) in [5, 5.41) is 2.77. The summed E-state index contributed by atoms with van der Waals surface area (Å²) in [5.41, 5.74) is 0.961. The molecule has 0 unspecified atom stereocenters. The number of carbonyl (C=O) groups is 2. The van der Waals surface area contributed by atoms with Gasteiger partial charge in [0.25, 0.3) is 0 Å². The maximum atomic E-state index is 13.0. The Hall–Kier alpha value is -2.61. The van der Waals surface area contributed by atoms with E-state index >= 15 is 0 Å². The quantitative estimate of drug-likeness (QED) is 0.663. The molecule has 3 rings (SSSR count). The summed E-state index contributed by atoms with van der Waals surface area (Å²) >= 11 is 0. The molecule has 1 fully saturated rings. The number of carbonyl (C=O) groups excluding carboxylic acids is 2. The number of aldehydes is 1. The van der Waals surface area contributed by atoms with Gasteiger partial charge in [-0.2, -0.15) is 0 Å². The third-order valence-corrected chi connectivity index (χ3v) is 6.54. The molecule has 29 heavy (non-hydrogen) atoms. The molecule has 0 spiro atoms. The van der Waals surface area contributed by atoms with Crippen molar-refractivity contribution >= 4 is 27.8 Å². The van der Waals surface area contributed by atoms with Gasteiger partial charge in [-0.05, 0) is 36.5 Å². The van der Waals surface area contributed by atoms with E-state index in [1.807, 2.05) is 0 Å². The number of hydrogen-bond acceptors (Lipinski definition) is 6. The highest BCUT2D eigenvalue weighted by molar-refractivity contribution is 7.90. The van der Waals surface area contributed by atoms with Gasteiger partial charge in [0.05, 0.1) is 23.2 Å². The minimum Gasteiger partial charge on any atom is -0.309 e. The van der Waals surface area contributed by atoms with Gasteiger partial charge >= 0.3 is 0 Å². The number of hydrogen-bond donors (Lipinski definition) is 1. The molecule has 7 nitrogen and oxygen atoms in total. The van der Waals surface area contributed by atoms with Crippen molar-refractivity contribution < 1.29 is 18.0 Å². The Kier molecular flexibility index (Phi) is 6.74. The van der Waals surface area contributed by atoms with E-state index in [1.54, 1.807) is 24.3 Å². The predicted molar refractivity (Wildman–Crippen MR) is 110 cm³/mol. The Labute approximate surface area is 170 Å².